The first kappa shape index (κ1) is 27.0. The lowest BCUT2D eigenvalue weighted by Crippen LogP contribution is -2.29. The summed E-state index contributed by atoms with van der Waals surface area (Å²) in [7, 11) is 0. The summed E-state index contributed by atoms with van der Waals surface area (Å²) in [6.45, 7) is 6.25. The van der Waals surface area contributed by atoms with E-state index in [9.17, 15) is 22.4 Å². The number of hydrogen-bond donors (Lipinski definition) is 3. The Labute approximate surface area is 224 Å². The van der Waals surface area contributed by atoms with E-state index in [1.54, 1.807) is 10.9 Å². The Morgan fingerprint density at radius 3 is 2.74 bits per heavy atom. The molecule has 5 rings (SSSR count). The average Bonchev–Trinajstić information content (AvgIpc) is 3.64. The minimum Gasteiger partial charge on any atom is -0.362 e. The van der Waals surface area contributed by atoms with Crippen molar-refractivity contribution < 1.29 is 26.9 Å². The van der Waals surface area contributed by atoms with Gasteiger partial charge in [0.05, 0.1) is 45.9 Å². The highest BCUT2D eigenvalue weighted by molar-refractivity contribution is 7.23. The maximum atomic E-state index is 14.2. The van der Waals surface area contributed by atoms with Crippen molar-refractivity contribution in [2.75, 3.05) is 18.4 Å². The first-order valence-electron chi connectivity index (χ1n) is 12.1. The van der Waals surface area contributed by atoms with Crippen LogP contribution in [-0.4, -0.2) is 62.3 Å². The molecule has 0 spiro atoms. The number of carbonyl (C=O) groups excluding carboxylic acids is 1. The Morgan fingerprint density at radius 1 is 1.28 bits per heavy atom. The van der Waals surface area contributed by atoms with Crippen LogP contribution in [0.4, 0.5) is 23.4 Å². The molecule has 0 aliphatic carbocycles. The highest BCUT2D eigenvalue weighted by atomic mass is 32.1. The topological polar surface area (TPSA) is 123 Å². The van der Waals surface area contributed by atoms with Crippen LogP contribution in [0, 0.1) is 0 Å². The Bertz CT molecular complexity index is 1490. The molecule has 4 aromatic heterocycles. The lowest BCUT2D eigenvalue weighted by Gasteiger charge is -2.18. The van der Waals surface area contributed by atoms with Crippen LogP contribution in [0.2, 0.25) is 0 Å². The highest BCUT2D eigenvalue weighted by Gasteiger charge is 2.34. The molecule has 39 heavy (non-hydrogen) atoms. The van der Waals surface area contributed by atoms with E-state index in [-0.39, 0.29) is 46.6 Å². The molecular formula is C24H26F4N8O2S. The van der Waals surface area contributed by atoms with E-state index in [1.165, 1.54) is 18.5 Å². The number of hydrogen-bond acceptors (Lipinski definition) is 9. The number of rotatable bonds is 7. The SMILES string of the molecule is CC(C)(C)n1cc(C(=O)NCc2nc(-c3sc4c(N[C@@H]5CNC[C@@H]5F)nccc4c3CC(F)(F)F)no2)cn1. The quantitative estimate of drug-likeness (QED) is 0.287. The first-order chi connectivity index (χ1) is 18.4. The van der Waals surface area contributed by atoms with E-state index in [2.05, 4.69) is 36.2 Å². The fourth-order valence-corrected chi connectivity index (χ4v) is 5.38. The zero-order valence-electron chi connectivity index (χ0n) is 21.3. The van der Waals surface area contributed by atoms with Crippen LogP contribution in [0.1, 0.15) is 42.6 Å². The van der Waals surface area contributed by atoms with Gasteiger partial charge >= 0.3 is 6.18 Å². The standard InChI is InChI=1S/C24H26F4N8O2S/c1-23(2,3)36-11-12(7-32-36)22(37)31-10-17-34-21(35-38-17)19-14(6-24(26,27)28)13-4-5-30-20(18(13)39-19)33-16-9-29-8-15(16)25/h4-5,7,11,15-16,29H,6,8-10H2,1-3H3,(H,30,33)(H,31,37)/t15-,16+/m0/s1. The molecule has 15 heteroatoms. The van der Waals surface area contributed by atoms with Gasteiger partial charge in [0.25, 0.3) is 5.91 Å². The van der Waals surface area contributed by atoms with E-state index in [1.807, 2.05) is 20.8 Å². The molecule has 1 amide bonds. The lowest BCUT2D eigenvalue weighted by atomic mass is 10.1. The third-order valence-corrected chi connectivity index (χ3v) is 7.40. The maximum Gasteiger partial charge on any atom is 0.393 e. The minimum absolute atomic E-state index is 0.0192. The lowest BCUT2D eigenvalue weighted by molar-refractivity contribution is -0.126. The number of alkyl halides is 4. The number of pyridine rings is 1. The number of aromatic nitrogens is 5. The second-order valence-electron chi connectivity index (χ2n) is 10.2. The molecule has 3 N–H and O–H groups in total. The molecule has 1 aliphatic heterocycles. The minimum atomic E-state index is -4.50. The molecule has 10 nitrogen and oxygen atoms in total. The van der Waals surface area contributed by atoms with Crippen LogP contribution in [0.15, 0.2) is 29.2 Å². The summed E-state index contributed by atoms with van der Waals surface area (Å²) >= 11 is 1.02. The van der Waals surface area contributed by atoms with Gasteiger partial charge in [-0.2, -0.15) is 23.3 Å². The van der Waals surface area contributed by atoms with Gasteiger partial charge in [-0.15, -0.1) is 11.3 Å². The van der Waals surface area contributed by atoms with Crippen molar-refractivity contribution in [2.45, 2.75) is 57.7 Å². The van der Waals surface area contributed by atoms with Crippen LogP contribution in [0.5, 0.6) is 0 Å². The summed E-state index contributed by atoms with van der Waals surface area (Å²) in [4.78, 5) is 21.2. The van der Waals surface area contributed by atoms with Gasteiger partial charge in [-0.25, -0.2) is 9.37 Å². The second-order valence-corrected chi connectivity index (χ2v) is 11.2. The monoisotopic (exact) mass is 566 g/mol. The van der Waals surface area contributed by atoms with Gasteiger partial charge < -0.3 is 20.5 Å². The summed E-state index contributed by atoms with van der Waals surface area (Å²) in [5.41, 5.74) is 0.00697. The fourth-order valence-electron chi connectivity index (χ4n) is 4.18. The molecule has 0 saturated carbocycles. The van der Waals surface area contributed by atoms with Gasteiger partial charge in [0.1, 0.15) is 12.0 Å². The van der Waals surface area contributed by atoms with Crippen LogP contribution >= 0.6 is 11.3 Å². The van der Waals surface area contributed by atoms with E-state index in [0.29, 0.717) is 22.2 Å². The second kappa shape index (κ2) is 10.2. The van der Waals surface area contributed by atoms with Crippen LogP contribution < -0.4 is 16.0 Å². The number of amides is 1. The molecule has 4 aromatic rings. The van der Waals surface area contributed by atoms with Gasteiger partial charge in [0, 0.05) is 30.9 Å². The van der Waals surface area contributed by atoms with Crippen molar-refractivity contribution in [2.24, 2.45) is 0 Å². The molecule has 1 aliphatic rings. The van der Waals surface area contributed by atoms with Crippen LogP contribution in [0.3, 0.4) is 0 Å². The van der Waals surface area contributed by atoms with Gasteiger partial charge in [0.15, 0.2) is 0 Å². The maximum absolute atomic E-state index is 14.2. The number of thiophene rings is 1. The predicted molar refractivity (Wildman–Crippen MR) is 136 cm³/mol. The molecule has 0 aromatic carbocycles. The smallest absolute Gasteiger partial charge is 0.362 e. The summed E-state index contributed by atoms with van der Waals surface area (Å²) in [5.74, 6) is -0.155. The highest BCUT2D eigenvalue weighted by Crippen LogP contribution is 2.43. The molecule has 1 saturated heterocycles. The van der Waals surface area contributed by atoms with Gasteiger partial charge in [-0.05, 0) is 32.4 Å². The van der Waals surface area contributed by atoms with Crippen LogP contribution in [0.25, 0.3) is 20.8 Å². The van der Waals surface area contributed by atoms with E-state index in [0.717, 1.165) is 11.3 Å². The Balaban J connectivity index is 1.40. The summed E-state index contributed by atoms with van der Waals surface area (Å²) < 4.78 is 62.2. The molecule has 0 radical (unpaired) electrons. The third kappa shape index (κ3) is 5.88. The van der Waals surface area contributed by atoms with Gasteiger partial charge in [-0.1, -0.05) is 5.16 Å². The van der Waals surface area contributed by atoms with Crippen molar-refractivity contribution in [3.05, 3.63) is 41.7 Å². The van der Waals surface area contributed by atoms with Crippen molar-refractivity contribution in [1.29, 1.82) is 0 Å². The van der Waals surface area contributed by atoms with E-state index >= 15 is 0 Å². The normalized spacial score (nSPS) is 18.1. The zero-order chi connectivity index (χ0) is 27.9. The molecule has 5 heterocycles. The average molecular weight is 567 g/mol. The molecule has 2 atom stereocenters. The third-order valence-electron chi connectivity index (χ3n) is 6.15. The summed E-state index contributed by atoms with van der Waals surface area (Å²) in [5, 5.41) is 17.0. The van der Waals surface area contributed by atoms with Gasteiger partial charge in [-0.3, -0.25) is 9.48 Å². The zero-order valence-corrected chi connectivity index (χ0v) is 22.1. The summed E-state index contributed by atoms with van der Waals surface area (Å²) in [6, 6.07) is 0.927. The number of carbonyl (C=O) groups is 1. The summed E-state index contributed by atoms with van der Waals surface area (Å²) in [6.07, 6.45) is -2.45. The number of anilines is 1. The van der Waals surface area contributed by atoms with E-state index < -0.39 is 30.7 Å². The number of nitrogens with zero attached hydrogens (tertiary/aromatic N) is 5. The fraction of sp³-hybridized carbons (Fsp3) is 0.458. The largest absolute Gasteiger partial charge is 0.393 e. The molecule has 0 bridgehead atoms. The number of fused-ring (bicyclic) bond motifs is 1. The van der Waals surface area contributed by atoms with Crippen molar-refractivity contribution in [3.8, 4) is 10.7 Å². The molecular weight excluding hydrogens is 540 g/mol. The van der Waals surface area contributed by atoms with E-state index in [4.69, 9.17) is 4.52 Å². The molecule has 208 valence electrons. The molecule has 1 fully saturated rings. The van der Waals surface area contributed by atoms with Crippen molar-refractivity contribution >= 4 is 33.1 Å². The van der Waals surface area contributed by atoms with Crippen molar-refractivity contribution in [1.82, 2.24) is 35.5 Å². The van der Waals surface area contributed by atoms with Crippen LogP contribution in [-0.2, 0) is 18.5 Å². The number of nitrogens with one attached hydrogen (secondary N) is 3. The Kier molecular flexibility index (Phi) is 7.05. The predicted octanol–water partition coefficient (Wildman–Crippen LogP) is 4.05. The van der Waals surface area contributed by atoms with Gasteiger partial charge in [0.2, 0.25) is 11.7 Å². The molecule has 0 unspecified atom stereocenters. The van der Waals surface area contributed by atoms with Crippen molar-refractivity contribution in [3.63, 3.8) is 0 Å². The number of halogens is 4. The Hall–Kier alpha value is -3.59. The Morgan fingerprint density at radius 2 is 2.08 bits per heavy atom. The first-order valence-corrected chi connectivity index (χ1v) is 13.0.